The van der Waals surface area contributed by atoms with E-state index in [9.17, 15) is 4.79 Å². The van der Waals surface area contributed by atoms with Crippen LogP contribution >= 0.6 is 0 Å². The molecule has 0 saturated carbocycles. The molecule has 0 bridgehead atoms. The Balaban J connectivity index is 1.40. The lowest BCUT2D eigenvalue weighted by molar-refractivity contribution is -0.129. The van der Waals surface area contributed by atoms with Gasteiger partial charge in [-0.05, 0) is 18.6 Å². The average molecular weight is 396 g/mol. The van der Waals surface area contributed by atoms with Crippen LogP contribution in [-0.4, -0.2) is 55.9 Å². The van der Waals surface area contributed by atoms with E-state index in [0.29, 0.717) is 50.0 Å². The molecular formula is C20H24N6O3. The maximum Gasteiger partial charge on any atom is 0.278 e. The predicted molar refractivity (Wildman–Crippen MR) is 104 cm³/mol. The third-order valence-electron chi connectivity index (χ3n) is 5.04. The molecule has 4 rings (SSSR count). The first kappa shape index (κ1) is 19.3. The zero-order valence-electron chi connectivity index (χ0n) is 16.7. The maximum absolute atomic E-state index is 12.4. The lowest BCUT2D eigenvalue weighted by Crippen LogP contribution is -2.30. The zero-order chi connectivity index (χ0) is 20.2. The van der Waals surface area contributed by atoms with Crippen LogP contribution in [0.15, 0.2) is 29.0 Å². The molecule has 0 unspecified atom stereocenters. The molecule has 0 atom stereocenters. The molecule has 0 aliphatic carbocycles. The summed E-state index contributed by atoms with van der Waals surface area (Å²) in [5.41, 5.74) is 3.79. The van der Waals surface area contributed by atoms with E-state index in [1.807, 2.05) is 16.8 Å². The van der Waals surface area contributed by atoms with Crippen molar-refractivity contribution in [3.05, 3.63) is 47.2 Å². The second-order valence-corrected chi connectivity index (χ2v) is 7.01. The largest absolute Gasteiger partial charge is 0.376 e. The third kappa shape index (κ3) is 4.19. The summed E-state index contributed by atoms with van der Waals surface area (Å²) in [4.78, 5) is 22.6. The van der Waals surface area contributed by atoms with E-state index in [0.717, 1.165) is 24.1 Å². The van der Waals surface area contributed by atoms with E-state index in [-0.39, 0.29) is 5.91 Å². The van der Waals surface area contributed by atoms with Gasteiger partial charge in [0.1, 0.15) is 0 Å². The van der Waals surface area contributed by atoms with Gasteiger partial charge in [-0.1, -0.05) is 11.2 Å². The summed E-state index contributed by atoms with van der Waals surface area (Å²) in [6.07, 6.45) is 5.06. The third-order valence-corrected chi connectivity index (χ3v) is 5.04. The van der Waals surface area contributed by atoms with E-state index in [4.69, 9.17) is 9.26 Å². The van der Waals surface area contributed by atoms with Crippen LogP contribution in [0.1, 0.15) is 29.6 Å². The van der Waals surface area contributed by atoms with E-state index in [2.05, 4.69) is 27.1 Å². The van der Waals surface area contributed by atoms with Crippen LogP contribution in [0.2, 0.25) is 0 Å². The van der Waals surface area contributed by atoms with Crippen LogP contribution in [0.5, 0.6) is 0 Å². The van der Waals surface area contributed by atoms with Gasteiger partial charge in [-0.2, -0.15) is 10.1 Å². The number of hydrogen-bond acceptors (Lipinski definition) is 7. The number of carbonyl (C=O) groups excluding carboxylic acids is 1. The summed E-state index contributed by atoms with van der Waals surface area (Å²) >= 11 is 0. The van der Waals surface area contributed by atoms with Crippen molar-refractivity contribution >= 4 is 5.91 Å². The Morgan fingerprint density at radius 2 is 2.28 bits per heavy atom. The summed E-state index contributed by atoms with van der Waals surface area (Å²) in [7, 11) is 1.77. The Hall–Kier alpha value is -3.07. The van der Waals surface area contributed by atoms with Gasteiger partial charge in [-0.25, -0.2) is 0 Å². The van der Waals surface area contributed by atoms with Crippen LogP contribution in [0, 0.1) is 0 Å². The summed E-state index contributed by atoms with van der Waals surface area (Å²) in [6.45, 7) is 4.56. The monoisotopic (exact) mass is 396 g/mol. The molecule has 29 heavy (non-hydrogen) atoms. The minimum absolute atomic E-state index is 0.0228. The number of pyridine rings is 1. The van der Waals surface area contributed by atoms with Gasteiger partial charge in [-0.3, -0.25) is 14.5 Å². The highest BCUT2D eigenvalue weighted by atomic mass is 16.5. The molecule has 1 aliphatic heterocycles. The number of aryl methyl sites for hydroxylation is 1. The topological polar surface area (TPSA) is 99.2 Å². The number of carbonyl (C=O) groups is 1. The summed E-state index contributed by atoms with van der Waals surface area (Å²) < 4.78 is 13.0. The SMILES string of the molecule is CCn1nc(-c2nc(CCN(C)C(=O)Cc3cccnc3)no2)c2c1CCOC2. The van der Waals surface area contributed by atoms with Gasteiger partial charge in [0.2, 0.25) is 5.91 Å². The highest BCUT2D eigenvalue weighted by Crippen LogP contribution is 2.28. The highest BCUT2D eigenvalue weighted by Gasteiger charge is 2.25. The zero-order valence-corrected chi connectivity index (χ0v) is 16.7. The molecule has 3 aromatic rings. The van der Waals surface area contributed by atoms with E-state index < -0.39 is 0 Å². The molecule has 0 saturated heterocycles. The van der Waals surface area contributed by atoms with Crippen LogP contribution < -0.4 is 0 Å². The quantitative estimate of drug-likeness (QED) is 0.599. The smallest absolute Gasteiger partial charge is 0.278 e. The molecule has 0 aromatic carbocycles. The molecule has 9 nitrogen and oxygen atoms in total. The first-order valence-electron chi connectivity index (χ1n) is 9.77. The standard InChI is InChI=1S/C20H24N6O3/c1-3-26-16-7-10-28-13-15(16)19(23-26)20-22-17(24-29-20)6-9-25(2)18(27)11-14-5-4-8-21-12-14/h4-5,8,12H,3,6-7,9-11,13H2,1-2H3. The predicted octanol–water partition coefficient (Wildman–Crippen LogP) is 1.66. The van der Waals surface area contributed by atoms with Gasteiger partial charge in [-0.15, -0.1) is 0 Å². The fourth-order valence-electron chi connectivity index (χ4n) is 3.40. The van der Waals surface area contributed by atoms with E-state index >= 15 is 0 Å². The molecule has 0 radical (unpaired) electrons. The Kier molecular flexibility index (Phi) is 5.66. The van der Waals surface area contributed by atoms with Crippen molar-refractivity contribution in [3.63, 3.8) is 0 Å². The van der Waals surface area contributed by atoms with Crippen molar-refractivity contribution < 1.29 is 14.1 Å². The number of likely N-dealkylation sites (N-methyl/N-ethyl adjacent to an activating group) is 1. The second kappa shape index (κ2) is 8.52. The Bertz CT molecular complexity index is 982. The number of aromatic nitrogens is 5. The van der Waals surface area contributed by atoms with Gasteiger partial charge in [0.05, 0.1) is 19.6 Å². The minimum atomic E-state index is 0.0228. The molecule has 4 heterocycles. The number of fused-ring (bicyclic) bond motifs is 1. The minimum Gasteiger partial charge on any atom is -0.376 e. The number of ether oxygens (including phenoxy) is 1. The molecule has 0 N–H and O–H groups in total. The number of rotatable bonds is 7. The maximum atomic E-state index is 12.4. The van der Waals surface area contributed by atoms with Crippen LogP contribution in [0.3, 0.4) is 0 Å². The molecule has 0 spiro atoms. The molecular weight excluding hydrogens is 372 g/mol. The van der Waals surface area contributed by atoms with Crippen LogP contribution in [0.25, 0.3) is 11.6 Å². The molecule has 9 heteroatoms. The lowest BCUT2D eigenvalue weighted by atomic mass is 10.1. The van der Waals surface area contributed by atoms with E-state index in [1.165, 1.54) is 5.69 Å². The number of nitrogens with zero attached hydrogens (tertiary/aromatic N) is 6. The highest BCUT2D eigenvalue weighted by molar-refractivity contribution is 5.78. The van der Waals surface area contributed by atoms with Crippen molar-refractivity contribution in [2.24, 2.45) is 0 Å². The fraction of sp³-hybridized carbons (Fsp3) is 0.450. The summed E-state index contributed by atoms with van der Waals surface area (Å²) in [5, 5.41) is 8.70. The first-order chi connectivity index (χ1) is 14.2. The molecule has 1 amide bonds. The van der Waals surface area contributed by atoms with Crippen LogP contribution in [0.4, 0.5) is 0 Å². The van der Waals surface area contributed by atoms with Crippen molar-refractivity contribution in [2.45, 2.75) is 39.3 Å². The van der Waals surface area contributed by atoms with Crippen LogP contribution in [-0.2, 0) is 41.9 Å². The molecule has 1 aliphatic rings. The van der Waals surface area contributed by atoms with Gasteiger partial charge in [0.25, 0.3) is 5.89 Å². The second-order valence-electron chi connectivity index (χ2n) is 7.01. The van der Waals surface area contributed by atoms with Gasteiger partial charge >= 0.3 is 0 Å². The van der Waals surface area contributed by atoms with Crippen molar-refractivity contribution in [1.82, 2.24) is 29.8 Å². The van der Waals surface area contributed by atoms with Gasteiger partial charge < -0.3 is 14.2 Å². The lowest BCUT2D eigenvalue weighted by Gasteiger charge is -2.15. The van der Waals surface area contributed by atoms with Gasteiger partial charge in [0, 0.05) is 56.6 Å². The molecule has 3 aromatic heterocycles. The van der Waals surface area contributed by atoms with E-state index in [1.54, 1.807) is 24.3 Å². The van der Waals surface area contributed by atoms with Crippen molar-refractivity contribution in [2.75, 3.05) is 20.2 Å². The number of hydrogen-bond donors (Lipinski definition) is 0. The molecule has 152 valence electrons. The Labute approximate surface area is 168 Å². The van der Waals surface area contributed by atoms with Crippen molar-refractivity contribution in [1.29, 1.82) is 0 Å². The molecule has 0 fully saturated rings. The normalized spacial score (nSPS) is 13.3. The first-order valence-corrected chi connectivity index (χ1v) is 9.77. The Morgan fingerprint density at radius 1 is 1.38 bits per heavy atom. The Morgan fingerprint density at radius 3 is 3.07 bits per heavy atom. The number of amides is 1. The van der Waals surface area contributed by atoms with Gasteiger partial charge in [0.15, 0.2) is 11.5 Å². The fourth-order valence-corrected chi connectivity index (χ4v) is 3.40. The summed E-state index contributed by atoms with van der Waals surface area (Å²) in [6, 6.07) is 3.72. The average Bonchev–Trinajstić information content (AvgIpc) is 3.37. The summed E-state index contributed by atoms with van der Waals surface area (Å²) in [5.74, 6) is 0.977. The van der Waals surface area contributed by atoms with Crippen molar-refractivity contribution in [3.8, 4) is 11.6 Å².